The molecule has 4 N–H and O–H groups in total. The second kappa shape index (κ2) is 8.92. The number of nitrogens with zero attached hydrogens (tertiary/aromatic N) is 2. The van der Waals surface area contributed by atoms with E-state index in [-0.39, 0.29) is 5.92 Å². The molecule has 0 amide bonds. The molecule has 0 aromatic carbocycles. The van der Waals surface area contributed by atoms with E-state index in [1.807, 2.05) is 30.7 Å². The monoisotopic (exact) mass is 339 g/mol. The number of aromatic amines is 1. The highest BCUT2D eigenvalue weighted by molar-refractivity contribution is 5.25. The van der Waals surface area contributed by atoms with Crippen molar-refractivity contribution in [3.63, 3.8) is 0 Å². The van der Waals surface area contributed by atoms with E-state index >= 15 is 0 Å². The van der Waals surface area contributed by atoms with Gasteiger partial charge in [0, 0.05) is 36.6 Å². The summed E-state index contributed by atoms with van der Waals surface area (Å²) in [5.74, 6) is 1.29. The Morgan fingerprint density at radius 1 is 1.40 bits per heavy atom. The third-order valence-electron chi connectivity index (χ3n) is 5.11. The highest BCUT2D eigenvalue weighted by Gasteiger charge is 2.29. The summed E-state index contributed by atoms with van der Waals surface area (Å²) in [5, 5.41) is 3.89. The number of imidazole rings is 1. The molecule has 1 aliphatic rings. The predicted molar refractivity (Wildman–Crippen MR) is 101 cm³/mol. The second-order valence-electron chi connectivity index (χ2n) is 6.80. The first kappa shape index (κ1) is 17.8. The van der Waals surface area contributed by atoms with E-state index in [2.05, 4.69) is 32.9 Å². The number of aromatic nitrogens is 3. The Bertz CT molecular complexity index is 652. The van der Waals surface area contributed by atoms with Gasteiger partial charge < -0.3 is 16.0 Å². The first-order chi connectivity index (χ1) is 12.3. The maximum Gasteiger partial charge on any atom is 0.111 e. The minimum atomic E-state index is 0.271. The number of nitrogens with two attached hydrogens (primary N) is 1. The van der Waals surface area contributed by atoms with Gasteiger partial charge in [0.1, 0.15) is 5.82 Å². The Labute approximate surface area is 150 Å². The van der Waals surface area contributed by atoms with Crippen LogP contribution in [-0.4, -0.2) is 27.5 Å². The highest BCUT2D eigenvalue weighted by Crippen LogP contribution is 2.32. The van der Waals surface area contributed by atoms with Crippen LogP contribution in [0, 0.1) is 0 Å². The lowest BCUT2D eigenvalue weighted by atomic mass is 9.87. The molecule has 0 aliphatic heterocycles. The molecule has 3 rings (SSSR count). The molecule has 134 valence electrons. The van der Waals surface area contributed by atoms with Gasteiger partial charge >= 0.3 is 0 Å². The zero-order valence-corrected chi connectivity index (χ0v) is 14.8. The molecule has 3 atom stereocenters. The molecule has 2 heterocycles. The molecule has 0 saturated carbocycles. The van der Waals surface area contributed by atoms with E-state index in [0.29, 0.717) is 18.6 Å². The fourth-order valence-electron chi connectivity index (χ4n) is 3.89. The number of H-pyrrole nitrogens is 1. The van der Waals surface area contributed by atoms with E-state index in [0.717, 1.165) is 37.9 Å². The summed E-state index contributed by atoms with van der Waals surface area (Å²) in [7, 11) is 0. The van der Waals surface area contributed by atoms with Crippen molar-refractivity contribution in [1.29, 1.82) is 0 Å². The number of pyridine rings is 1. The van der Waals surface area contributed by atoms with E-state index in [9.17, 15) is 0 Å². The summed E-state index contributed by atoms with van der Waals surface area (Å²) in [5.41, 5.74) is 8.38. The number of allylic oxidation sites excluding steroid dienone is 1. The number of fused-ring (bicyclic) bond motifs is 1. The molecule has 1 aliphatic carbocycles. The van der Waals surface area contributed by atoms with Crippen molar-refractivity contribution in [2.45, 2.75) is 56.5 Å². The van der Waals surface area contributed by atoms with Gasteiger partial charge in [0.2, 0.25) is 0 Å². The Balaban J connectivity index is 1.82. The van der Waals surface area contributed by atoms with Gasteiger partial charge in [0.25, 0.3) is 0 Å². The lowest BCUT2D eigenvalue weighted by Crippen LogP contribution is -2.40. The van der Waals surface area contributed by atoms with Crippen molar-refractivity contribution in [3.05, 3.63) is 60.5 Å². The van der Waals surface area contributed by atoms with Crippen LogP contribution in [0.1, 0.15) is 61.1 Å². The summed E-state index contributed by atoms with van der Waals surface area (Å²) >= 11 is 0. The third kappa shape index (κ3) is 4.35. The molecule has 0 spiro atoms. The van der Waals surface area contributed by atoms with Crippen LogP contribution >= 0.6 is 0 Å². The van der Waals surface area contributed by atoms with Crippen molar-refractivity contribution in [3.8, 4) is 0 Å². The Hall–Kier alpha value is -1.98. The standard InChI is InChI=1S/C20H29N5/c1-2-6-16(20-23-13-14-24-20)17(10-4-11-21)25-18-9-3-7-15-8-5-12-22-19(15)18/h2,5,8,12-14,16-18,25H,1,3-4,6-7,9-11,21H2,(H,23,24). The minimum Gasteiger partial charge on any atom is -0.348 e. The van der Waals surface area contributed by atoms with Crippen LogP contribution in [-0.2, 0) is 6.42 Å². The molecule has 5 heteroatoms. The number of hydrogen-bond acceptors (Lipinski definition) is 4. The number of rotatable bonds is 9. The summed E-state index contributed by atoms with van der Waals surface area (Å²) in [6.45, 7) is 4.65. The first-order valence-corrected chi connectivity index (χ1v) is 9.33. The van der Waals surface area contributed by atoms with Gasteiger partial charge in [-0.1, -0.05) is 12.1 Å². The van der Waals surface area contributed by atoms with Gasteiger partial charge in [0.05, 0.1) is 5.69 Å². The van der Waals surface area contributed by atoms with Gasteiger partial charge in [-0.2, -0.15) is 0 Å². The van der Waals surface area contributed by atoms with Gasteiger partial charge in [0.15, 0.2) is 0 Å². The smallest absolute Gasteiger partial charge is 0.111 e. The molecule has 0 radical (unpaired) electrons. The molecular weight excluding hydrogens is 310 g/mol. The van der Waals surface area contributed by atoms with E-state index in [4.69, 9.17) is 5.73 Å². The average Bonchev–Trinajstić information content (AvgIpc) is 3.18. The normalized spacial score (nSPS) is 19.2. The topological polar surface area (TPSA) is 79.6 Å². The molecule has 2 aromatic rings. The van der Waals surface area contributed by atoms with Gasteiger partial charge in [-0.05, 0) is 56.7 Å². The van der Waals surface area contributed by atoms with Crippen LogP contribution in [0.25, 0.3) is 0 Å². The molecule has 2 aromatic heterocycles. The van der Waals surface area contributed by atoms with Crippen LogP contribution in [0.5, 0.6) is 0 Å². The van der Waals surface area contributed by atoms with Crippen LogP contribution < -0.4 is 11.1 Å². The lowest BCUT2D eigenvalue weighted by molar-refractivity contribution is 0.324. The molecule has 0 fully saturated rings. The zero-order valence-electron chi connectivity index (χ0n) is 14.8. The maximum absolute atomic E-state index is 5.80. The molecule has 5 nitrogen and oxygen atoms in total. The van der Waals surface area contributed by atoms with Crippen molar-refractivity contribution in [2.24, 2.45) is 5.73 Å². The second-order valence-corrected chi connectivity index (χ2v) is 6.80. The zero-order chi connectivity index (χ0) is 17.5. The quantitative estimate of drug-likeness (QED) is 0.613. The molecule has 0 bridgehead atoms. The van der Waals surface area contributed by atoms with E-state index < -0.39 is 0 Å². The maximum atomic E-state index is 5.80. The molecular formula is C20H29N5. The Morgan fingerprint density at radius 3 is 3.08 bits per heavy atom. The van der Waals surface area contributed by atoms with Crippen molar-refractivity contribution < 1.29 is 0 Å². The van der Waals surface area contributed by atoms with Crippen molar-refractivity contribution >= 4 is 0 Å². The largest absolute Gasteiger partial charge is 0.348 e. The fraction of sp³-hybridized carbons (Fsp3) is 0.500. The summed E-state index contributed by atoms with van der Waals surface area (Å²) in [6.07, 6.45) is 14.0. The predicted octanol–water partition coefficient (Wildman–Crippen LogP) is 3.24. The third-order valence-corrected chi connectivity index (χ3v) is 5.11. The fourth-order valence-corrected chi connectivity index (χ4v) is 3.89. The summed E-state index contributed by atoms with van der Waals surface area (Å²) in [6, 6.07) is 4.84. The Morgan fingerprint density at radius 2 is 2.32 bits per heavy atom. The number of hydrogen-bond donors (Lipinski definition) is 3. The minimum absolute atomic E-state index is 0.271. The van der Waals surface area contributed by atoms with Crippen LogP contribution in [0.3, 0.4) is 0 Å². The highest BCUT2D eigenvalue weighted by atomic mass is 15.0. The van der Waals surface area contributed by atoms with E-state index in [1.165, 1.54) is 17.7 Å². The van der Waals surface area contributed by atoms with Crippen LogP contribution in [0.2, 0.25) is 0 Å². The SMILES string of the molecule is C=CCC(c1ncc[nH]1)C(CCCN)NC1CCCc2cccnc21. The van der Waals surface area contributed by atoms with Crippen LogP contribution in [0.4, 0.5) is 0 Å². The number of aryl methyl sites for hydroxylation is 1. The Kier molecular flexibility index (Phi) is 6.36. The summed E-state index contributed by atoms with van der Waals surface area (Å²) in [4.78, 5) is 12.5. The lowest BCUT2D eigenvalue weighted by Gasteiger charge is -2.33. The molecule has 0 saturated heterocycles. The van der Waals surface area contributed by atoms with Gasteiger partial charge in [-0.3, -0.25) is 4.98 Å². The number of nitrogens with one attached hydrogen (secondary N) is 2. The van der Waals surface area contributed by atoms with Gasteiger partial charge in [-0.15, -0.1) is 6.58 Å². The van der Waals surface area contributed by atoms with Crippen molar-refractivity contribution in [2.75, 3.05) is 6.54 Å². The summed E-state index contributed by atoms with van der Waals surface area (Å²) < 4.78 is 0. The molecule has 25 heavy (non-hydrogen) atoms. The van der Waals surface area contributed by atoms with E-state index in [1.54, 1.807) is 0 Å². The average molecular weight is 339 g/mol. The van der Waals surface area contributed by atoms with Crippen LogP contribution in [0.15, 0.2) is 43.4 Å². The molecule has 3 unspecified atom stereocenters. The van der Waals surface area contributed by atoms with Gasteiger partial charge in [-0.25, -0.2) is 4.98 Å². The van der Waals surface area contributed by atoms with Crippen molar-refractivity contribution in [1.82, 2.24) is 20.3 Å². The first-order valence-electron chi connectivity index (χ1n) is 9.33.